The van der Waals surface area contributed by atoms with Gasteiger partial charge in [0.15, 0.2) is 5.96 Å². The van der Waals surface area contributed by atoms with Crippen molar-refractivity contribution in [2.75, 3.05) is 19.0 Å². The molecule has 7 nitrogen and oxygen atoms in total. The van der Waals surface area contributed by atoms with Crippen LogP contribution in [0.15, 0.2) is 71.9 Å². The Hall–Kier alpha value is -4.26. The van der Waals surface area contributed by atoms with E-state index >= 15 is 0 Å². The van der Waals surface area contributed by atoms with Crippen LogP contribution >= 0.6 is 0 Å². The van der Waals surface area contributed by atoms with E-state index in [1.54, 1.807) is 0 Å². The molecular formula is C24H23N7. The number of anilines is 1. The van der Waals surface area contributed by atoms with Crippen LogP contribution in [-0.4, -0.2) is 35.0 Å². The van der Waals surface area contributed by atoms with Crippen LogP contribution in [-0.2, 0) is 0 Å². The van der Waals surface area contributed by atoms with Crippen LogP contribution in [0.1, 0.15) is 0 Å². The highest BCUT2D eigenvalue weighted by Crippen LogP contribution is 2.33. The molecule has 6 N–H and O–H groups in total. The third kappa shape index (κ3) is 3.46. The Labute approximate surface area is 179 Å². The molecule has 0 fully saturated rings. The van der Waals surface area contributed by atoms with Crippen molar-refractivity contribution in [1.82, 2.24) is 15.0 Å². The van der Waals surface area contributed by atoms with Crippen molar-refractivity contribution in [2.45, 2.75) is 0 Å². The zero-order valence-corrected chi connectivity index (χ0v) is 17.3. The van der Waals surface area contributed by atoms with E-state index in [0.717, 1.165) is 38.9 Å². The van der Waals surface area contributed by atoms with Crippen LogP contribution in [0.5, 0.6) is 0 Å². The third-order valence-corrected chi connectivity index (χ3v) is 5.38. The topological polar surface area (TPSA) is 112 Å². The average Bonchev–Trinajstić information content (AvgIpc) is 3.36. The van der Waals surface area contributed by atoms with E-state index in [0.29, 0.717) is 5.69 Å². The van der Waals surface area contributed by atoms with Gasteiger partial charge in [0, 0.05) is 42.4 Å². The van der Waals surface area contributed by atoms with Crippen LogP contribution < -0.4 is 16.4 Å². The molecule has 5 aromatic rings. The molecule has 0 atom stereocenters. The first-order chi connectivity index (χ1) is 15.0. The van der Waals surface area contributed by atoms with E-state index in [4.69, 9.17) is 16.5 Å². The molecule has 0 amide bonds. The Morgan fingerprint density at radius 3 is 2.42 bits per heavy atom. The zero-order valence-electron chi connectivity index (χ0n) is 17.3. The van der Waals surface area contributed by atoms with Crippen molar-refractivity contribution in [3.05, 3.63) is 66.9 Å². The highest BCUT2D eigenvalue weighted by atomic mass is 15.1. The van der Waals surface area contributed by atoms with Gasteiger partial charge in [0.2, 0.25) is 0 Å². The number of fused-ring (bicyclic) bond motifs is 2. The van der Waals surface area contributed by atoms with Crippen molar-refractivity contribution < 1.29 is 0 Å². The summed E-state index contributed by atoms with van der Waals surface area (Å²) in [5.41, 5.74) is 19.0. The summed E-state index contributed by atoms with van der Waals surface area (Å²) < 4.78 is 0. The standard InChI is InChI=1S/C24H23N7/c1-31(2)17-7-3-14(4-8-17)15-5-9-20-18(11-15)19(13-27-20)23-29-21-10-6-16(28-24(25)26)12-22(21)30-23/h3-13,27H,1-2H3,(H,29,30)(H4,25,26,28). The second-order valence-corrected chi connectivity index (χ2v) is 7.73. The molecule has 154 valence electrons. The van der Waals surface area contributed by atoms with Crippen LogP contribution in [0, 0.1) is 0 Å². The lowest BCUT2D eigenvalue weighted by molar-refractivity contribution is 1.13. The largest absolute Gasteiger partial charge is 0.378 e. The second kappa shape index (κ2) is 7.21. The number of nitrogens with one attached hydrogen (secondary N) is 2. The first-order valence-electron chi connectivity index (χ1n) is 9.96. The van der Waals surface area contributed by atoms with E-state index in [2.05, 4.69) is 62.3 Å². The van der Waals surface area contributed by atoms with E-state index in [1.165, 1.54) is 11.3 Å². The maximum absolute atomic E-state index is 5.49. The van der Waals surface area contributed by atoms with E-state index in [9.17, 15) is 0 Å². The summed E-state index contributed by atoms with van der Waals surface area (Å²) in [4.78, 5) is 17.7. The van der Waals surface area contributed by atoms with E-state index in [1.807, 2.05) is 38.5 Å². The van der Waals surface area contributed by atoms with Gasteiger partial charge in [-0.15, -0.1) is 0 Å². The van der Waals surface area contributed by atoms with Crippen LogP contribution in [0.2, 0.25) is 0 Å². The molecular weight excluding hydrogens is 386 g/mol. The summed E-state index contributed by atoms with van der Waals surface area (Å²) in [5.74, 6) is 0.824. The van der Waals surface area contributed by atoms with Crippen molar-refractivity contribution >= 4 is 39.3 Å². The molecule has 5 rings (SSSR count). The Balaban J connectivity index is 1.57. The number of nitrogens with two attached hydrogens (primary N) is 2. The molecule has 0 aliphatic heterocycles. The molecule has 31 heavy (non-hydrogen) atoms. The SMILES string of the molecule is CN(C)c1ccc(-c2ccc3[nH]cc(-c4nc5ccc(N=C(N)N)cc5[nH]4)c3c2)cc1. The number of nitrogens with zero attached hydrogens (tertiary/aromatic N) is 3. The van der Waals surface area contributed by atoms with Gasteiger partial charge < -0.3 is 26.3 Å². The number of H-pyrrole nitrogens is 2. The smallest absolute Gasteiger partial charge is 0.191 e. The number of aromatic amines is 2. The summed E-state index contributed by atoms with van der Waals surface area (Å²) in [6, 6.07) is 20.6. The summed E-state index contributed by atoms with van der Waals surface area (Å²) in [6.07, 6.45) is 1.98. The number of aliphatic imine (C=N–C) groups is 1. The van der Waals surface area contributed by atoms with E-state index < -0.39 is 0 Å². The second-order valence-electron chi connectivity index (χ2n) is 7.73. The Bertz CT molecular complexity index is 1420. The predicted octanol–water partition coefficient (Wildman–Crippen LogP) is 4.35. The van der Waals surface area contributed by atoms with Gasteiger partial charge in [-0.3, -0.25) is 0 Å². The quantitative estimate of drug-likeness (QED) is 0.261. The van der Waals surface area contributed by atoms with Crippen LogP contribution in [0.3, 0.4) is 0 Å². The van der Waals surface area contributed by atoms with Crippen molar-refractivity contribution in [1.29, 1.82) is 0 Å². The first kappa shape index (κ1) is 18.7. The fourth-order valence-electron chi connectivity index (χ4n) is 3.79. The summed E-state index contributed by atoms with van der Waals surface area (Å²) in [5, 5.41) is 1.11. The molecule has 0 unspecified atom stereocenters. The average molecular weight is 409 g/mol. The molecule has 0 spiro atoms. The van der Waals surface area contributed by atoms with Gasteiger partial charge in [-0.2, -0.15) is 0 Å². The number of benzene rings is 3. The minimum Gasteiger partial charge on any atom is -0.378 e. The number of guanidine groups is 1. The lowest BCUT2D eigenvalue weighted by Crippen LogP contribution is -2.21. The Morgan fingerprint density at radius 2 is 1.68 bits per heavy atom. The molecule has 0 radical (unpaired) electrons. The number of hydrogen-bond acceptors (Lipinski definition) is 3. The maximum Gasteiger partial charge on any atom is 0.191 e. The van der Waals surface area contributed by atoms with Gasteiger partial charge in [-0.1, -0.05) is 18.2 Å². The monoisotopic (exact) mass is 409 g/mol. The Kier molecular flexibility index (Phi) is 4.36. The lowest BCUT2D eigenvalue weighted by Gasteiger charge is -2.12. The maximum atomic E-state index is 5.49. The lowest BCUT2D eigenvalue weighted by atomic mass is 10.0. The number of aromatic nitrogens is 3. The summed E-state index contributed by atoms with van der Waals surface area (Å²) in [7, 11) is 4.08. The predicted molar refractivity (Wildman–Crippen MR) is 129 cm³/mol. The number of hydrogen-bond donors (Lipinski definition) is 4. The number of imidazole rings is 1. The van der Waals surface area contributed by atoms with Gasteiger partial charge in [-0.25, -0.2) is 9.98 Å². The van der Waals surface area contributed by atoms with Gasteiger partial charge in [-0.05, 0) is 53.6 Å². The van der Waals surface area contributed by atoms with Crippen molar-refractivity contribution in [2.24, 2.45) is 16.5 Å². The molecule has 0 aliphatic carbocycles. The minimum atomic E-state index is 0.0295. The fourth-order valence-corrected chi connectivity index (χ4v) is 3.79. The van der Waals surface area contributed by atoms with Gasteiger partial charge in [0.1, 0.15) is 5.82 Å². The van der Waals surface area contributed by atoms with Crippen LogP contribution in [0.25, 0.3) is 44.5 Å². The fraction of sp³-hybridized carbons (Fsp3) is 0.0833. The van der Waals surface area contributed by atoms with Gasteiger partial charge in [0.05, 0.1) is 16.7 Å². The third-order valence-electron chi connectivity index (χ3n) is 5.38. The molecule has 0 aliphatic rings. The van der Waals surface area contributed by atoms with Gasteiger partial charge in [0.25, 0.3) is 0 Å². The molecule has 7 heteroatoms. The Morgan fingerprint density at radius 1 is 0.903 bits per heavy atom. The molecule has 2 aromatic heterocycles. The normalized spacial score (nSPS) is 11.2. The highest BCUT2D eigenvalue weighted by Gasteiger charge is 2.12. The van der Waals surface area contributed by atoms with E-state index in [-0.39, 0.29) is 5.96 Å². The molecule has 2 heterocycles. The zero-order chi connectivity index (χ0) is 21.5. The van der Waals surface area contributed by atoms with Crippen LogP contribution in [0.4, 0.5) is 11.4 Å². The summed E-state index contributed by atoms with van der Waals surface area (Å²) in [6.45, 7) is 0. The summed E-state index contributed by atoms with van der Waals surface area (Å²) >= 11 is 0. The molecule has 0 saturated carbocycles. The molecule has 3 aromatic carbocycles. The molecule has 0 saturated heterocycles. The number of rotatable bonds is 4. The highest BCUT2D eigenvalue weighted by molar-refractivity contribution is 5.98. The van der Waals surface area contributed by atoms with Gasteiger partial charge >= 0.3 is 0 Å². The minimum absolute atomic E-state index is 0.0295. The first-order valence-corrected chi connectivity index (χ1v) is 9.96. The molecule has 0 bridgehead atoms. The van der Waals surface area contributed by atoms with Crippen molar-refractivity contribution in [3.8, 4) is 22.5 Å². The van der Waals surface area contributed by atoms with Crippen molar-refractivity contribution in [3.63, 3.8) is 0 Å².